The Morgan fingerprint density at radius 1 is 1.12 bits per heavy atom. The highest BCUT2D eigenvalue weighted by Crippen LogP contribution is 2.24. The first-order chi connectivity index (χ1) is 11.4. The highest BCUT2D eigenvalue weighted by Gasteiger charge is 2.31. The van der Waals surface area contributed by atoms with Gasteiger partial charge in [-0.3, -0.25) is 0 Å². The molecule has 0 aliphatic heterocycles. The molecule has 1 atom stereocenters. The fourth-order valence-corrected chi connectivity index (χ4v) is 1.66. The highest BCUT2D eigenvalue weighted by molar-refractivity contribution is 5.80. The summed E-state index contributed by atoms with van der Waals surface area (Å²) in [5.74, 6) is -13.0. The van der Waals surface area contributed by atoms with Crippen molar-refractivity contribution in [3.8, 4) is 0 Å². The lowest BCUT2D eigenvalue weighted by Gasteiger charge is -2.22. The van der Waals surface area contributed by atoms with Crippen LogP contribution in [0.4, 0.5) is 26.7 Å². The smallest absolute Gasteiger partial charge is 0.408 e. The number of alkyl carbamates (subject to hydrolysis) is 1. The maximum atomic E-state index is 13.6. The van der Waals surface area contributed by atoms with Crippen LogP contribution in [0.15, 0.2) is 0 Å². The van der Waals surface area contributed by atoms with Gasteiger partial charge in [-0.2, -0.15) is 0 Å². The van der Waals surface area contributed by atoms with Gasteiger partial charge in [0.25, 0.3) is 0 Å². The second kappa shape index (κ2) is 7.02. The Labute approximate surface area is 134 Å². The molecule has 0 fully saturated rings. The van der Waals surface area contributed by atoms with Gasteiger partial charge in [0.2, 0.25) is 5.82 Å². The first-order valence-electron chi connectivity index (χ1n) is 7.13. The number of rotatable bonds is 4. The molecule has 134 valence electrons. The van der Waals surface area contributed by atoms with Crippen LogP contribution >= 0.6 is 0 Å². The van der Waals surface area contributed by atoms with E-state index >= 15 is 0 Å². The third-order valence-corrected chi connectivity index (χ3v) is 2.67. The van der Waals surface area contributed by atoms with E-state index in [-0.39, 0.29) is 6.90 Å². The van der Waals surface area contributed by atoms with E-state index in [9.17, 15) is 31.5 Å². The summed E-state index contributed by atoms with van der Waals surface area (Å²) in [7, 11) is 0. The van der Waals surface area contributed by atoms with E-state index < -0.39 is 64.8 Å². The first kappa shape index (κ1) is 18.0. The van der Waals surface area contributed by atoms with E-state index in [0.29, 0.717) is 0 Å². The highest BCUT2D eigenvalue weighted by atomic mass is 19.2. The summed E-state index contributed by atoms with van der Waals surface area (Å²) in [4.78, 5) is 22.7. The van der Waals surface area contributed by atoms with Crippen molar-refractivity contribution in [3.63, 3.8) is 0 Å². The van der Waals surface area contributed by atoms with Gasteiger partial charge in [0.05, 0.1) is 0 Å². The number of benzene rings is 1. The minimum absolute atomic E-state index is 0.365. The van der Waals surface area contributed by atoms with Crippen LogP contribution in [0.1, 0.15) is 27.7 Å². The molecule has 0 aliphatic rings. The third-order valence-electron chi connectivity index (χ3n) is 2.67. The van der Waals surface area contributed by atoms with Crippen molar-refractivity contribution >= 4 is 12.1 Å². The fourth-order valence-electron chi connectivity index (χ4n) is 1.66. The maximum absolute atomic E-state index is 13.6. The van der Waals surface area contributed by atoms with Gasteiger partial charge in [-0.1, -0.05) is 0 Å². The lowest BCUT2D eigenvalue weighted by molar-refractivity contribution is -0.139. The van der Waals surface area contributed by atoms with Gasteiger partial charge in [0.15, 0.2) is 23.3 Å². The summed E-state index contributed by atoms with van der Waals surface area (Å²) >= 11 is 0. The Kier molecular flexibility index (Phi) is 5.25. The zero-order valence-corrected chi connectivity index (χ0v) is 12.6. The van der Waals surface area contributed by atoms with E-state index in [4.69, 9.17) is 11.2 Å². The number of halogens is 5. The minimum Gasteiger partial charge on any atom is -0.480 e. The maximum Gasteiger partial charge on any atom is 0.408 e. The number of hydrogen-bond donors (Lipinski definition) is 2. The molecule has 0 saturated heterocycles. The Bertz CT molecular complexity index is 669. The van der Waals surface area contributed by atoms with E-state index in [0.717, 1.165) is 0 Å². The van der Waals surface area contributed by atoms with E-state index in [1.807, 2.05) is 0 Å². The van der Waals surface area contributed by atoms with Crippen LogP contribution < -0.4 is 5.32 Å². The molecule has 2 N–H and O–H groups in total. The normalized spacial score (nSPS) is 13.2. The van der Waals surface area contributed by atoms with Crippen LogP contribution in [-0.2, 0) is 16.0 Å². The van der Waals surface area contributed by atoms with Crippen molar-refractivity contribution in [1.82, 2.24) is 5.32 Å². The second-order valence-electron chi connectivity index (χ2n) is 5.44. The summed E-state index contributed by atoms with van der Waals surface area (Å²) in [6, 6.07) is -2.03. The molecular formula is C14H14F5NO4. The van der Waals surface area contributed by atoms with Crippen LogP contribution in [0, 0.1) is 29.1 Å². The second-order valence-corrected chi connectivity index (χ2v) is 5.44. The predicted octanol–water partition coefficient (Wildman–Crippen LogP) is 2.90. The van der Waals surface area contributed by atoms with Gasteiger partial charge in [0, 0.05) is 13.4 Å². The standard InChI is InChI=1S/C14H14F5NO4/c1-14(2,3)24-13(23)20-6(12(21)22)4-5-7(15)9(17)11(19)10(18)8(5)16/h6H,4H2,1-3H3,(H,20,23)(H,21,22)/t6-/m0/s1/i1D. The number of hydrogen-bond acceptors (Lipinski definition) is 3. The molecule has 1 aromatic rings. The molecule has 1 amide bonds. The van der Waals surface area contributed by atoms with Crippen molar-refractivity contribution in [1.29, 1.82) is 0 Å². The van der Waals surface area contributed by atoms with Crippen LogP contribution in [0.5, 0.6) is 0 Å². The number of nitrogens with one attached hydrogen (secondary N) is 1. The van der Waals surface area contributed by atoms with Gasteiger partial charge in [0.1, 0.15) is 11.6 Å². The molecule has 0 bridgehead atoms. The van der Waals surface area contributed by atoms with Crippen LogP contribution in [0.3, 0.4) is 0 Å². The molecule has 5 nitrogen and oxygen atoms in total. The van der Waals surface area contributed by atoms with Crippen molar-refractivity contribution in [3.05, 3.63) is 34.6 Å². The summed E-state index contributed by atoms with van der Waals surface area (Å²) in [6.45, 7) is 2.33. The van der Waals surface area contributed by atoms with Gasteiger partial charge in [-0.15, -0.1) is 0 Å². The fraction of sp³-hybridized carbons (Fsp3) is 0.429. The molecule has 1 aromatic carbocycles. The molecule has 0 heterocycles. The molecule has 24 heavy (non-hydrogen) atoms. The largest absolute Gasteiger partial charge is 0.480 e. The number of carboxylic acid groups (broad SMARTS) is 1. The summed E-state index contributed by atoms with van der Waals surface area (Å²) in [6.07, 6.45) is -2.54. The predicted molar refractivity (Wildman–Crippen MR) is 70.7 cm³/mol. The summed E-state index contributed by atoms with van der Waals surface area (Å²) < 4.78 is 78.3. The Morgan fingerprint density at radius 2 is 1.58 bits per heavy atom. The van der Waals surface area contributed by atoms with Gasteiger partial charge in [-0.25, -0.2) is 31.5 Å². The van der Waals surface area contributed by atoms with Crippen molar-refractivity contribution in [2.75, 3.05) is 0 Å². The zero-order chi connectivity index (χ0) is 19.5. The van der Waals surface area contributed by atoms with Gasteiger partial charge < -0.3 is 15.2 Å². The number of ether oxygens (including phenoxy) is 1. The molecule has 0 unspecified atom stereocenters. The molecule has 0 aliphatic carbocycles. The number of amides is 1. The monoisotopic (exact) mass is 356 g/mol. The van der Waals surface area contributed by atoms with Crippen LogP contribution in [-0.4, -0.2) is 28.8 Å². The summed E-state index contributed by atoms with van der Waals surface area (Å²) in [5.41, 5.74) is -2.67. The molecule has 0 saturated carbocycles. The van der Waals surface area contributed by atoms with E-state index in [1.165, 1.54) is 13.8 Å². The first-order valence-corrected chi connectivity index (χ1v) is 6.43. The average molecular weight is 356 g/mol. The number of carbonyl (C=O) groups excluding carboxylic acids is 1. The van der Waals surface area contributed by atoms with Crippen molar-refractivity contribution in [2.45, 2.75) is 38.8 Å². The van der Waals surface area contributed by atoms with Crippen molar-refractivity contribution < 1.29 is 42.8 Å². The van der Waals surface area contributed by atoms with Gasteiger partial charge in [-0.05, 0) is 20.7 Å². The third kappa shape index (κ3) is 4.56. The molecule has 0 radical (unpaired) electrons. The molecular weight excluding hydrogens is 341 g/mol. The average Bonchev–Trinajstić information content (AvgIpc) is 2.53. The SMILES string of the molecule is [2H]CC(C)(C)OC(=O)N[C@@H](Cc1c(F)c(F)c(F)c(F)c1F)C(=O)O. The zero-order valence-electron chi connectivity index (χ0n) is 13.6. The quantitative estimate of drug-likeness (QED) is 0.494. The van der Waals surface area contributed by atoms with E-state index in [2.05, 4.69) is 0 Å². The number of carboxylic acids is 1. The Morgan fingerprint density at radius 3 is 2.00 bits per heavy atom. The van der Waals surface area contributed by atoms with Crippen LogP contribution in [0.25, 0.3) is 0 Å². The Hall–Kier alpha value is -2.39. The molecule has 0 spiro atoms. The number of carbonyl (C=O) groups is 2. The lowest BCUT2D eigenvalue weighted by Crippen LogP contribution is -2.45. The minimum atomic E-state index is -2.38. The molecule has 10 heteroatoms. The van der Waals surface area contributed by atoms with E-state index in [1.54, 1.807) is 5.32 Å². The molecule has 0 aromatic heterocycles. The van der Waals surface area contributed by atoms with Gasteiger partial charge >= 0.3 is 12.1 Å². The van der Waals surface area contributed by atoms with Crippen LogP contribution in [0.2, 0.25) is 0 Å². The number of aliphatic carboxylic acids is 1. The van der Waals surface area contributed by atoms with Crippen molar-refractivity contribution in [2.24, 2.45) is 0 Å². The summed E-state index contributed by atoms with van der Waals surface area (Å²) in [5, 5.41) is 10.7. The Balaban J connectivity index is 3.09. The topological polar surface area (TPSA) is 75.6 Å². The molecule has 1 rings (SSSR count). The lowest BCUT2D eigenvalue weighted by atomic mass is 10.0.